The van der Waals surface area contributed by atoms with Crippen molar-refractivity contribution in [3.8, 4) is 11.6 Å². The summed E-state index contributed by atoms with van der Waals surface area (Å²) in [6.07, 6.45) is -3.03. The fraction of sp³-hybridized carbons (Fsp3) is 0.250. The lowest BCUT2D eigenvalue weighted by atomic mass is 10.1. The number of halogens is 3. The van der Waals surface area contributed by atoms with Crippen LogP contribution in [0.3, 0.4) is 0 Å². The second-order valence-electron chi connectivity index (χ2n) is 5.69. The first-order valence-corrected chi connectivity index (χ1v) is 6.97. The van der Waals surface area contributed by atoms with Gasteiger partial charge in [-0.1, -0.05) is 0 Å². The van der Waals surface area contributed by atoms with Crippen LogP contribution in [0.15, 0.2) is 42.6 Å². The van der Waals surface area contributed by atoms with Crippen molar-refractivity contribution < 1.29 is 22.7 Å². The zero-order valence-corrected chi connectivity index (χ0v) is 13.0. The zero-order valence-electron chi connectivity index (χ0n) is 13.0. The lowest BCUT2D eigenvalue weighted by Gasteiger charge is -2.17. The maximum Gasteiger partial charge on any atom is 0.416 e. The quantitative estimate of drug-likeness (QED) is 0.893. The smallest absolute Gasteiger partial charge is 0.416 e. The average molecular weight is 339 g/mol. The number of carbonyl (C=O) groups is 1. The van der Waals surface area contributed by atoms with Gasteiger partial charge < -0.3 is 15.8 Å². The number of benzene rings is 1. The van der Waals surface area contributed by atoms with Gasteiger partial charge in [0.2, 0.25) is 11.8 Å². The minimum atomic E-state index is -4.40. The van der Waals surface area contributed by atoms with Crippen molar-refractivity contribution in [3.05, 3.63) is 48.2 Å². The van der Waals surface area contributed by atoms with E-state index in [4.69, 9.17) is 10.5 Å². The number of nitrogens with two attached hydrogens (primary N) is 1. The standard InChI is InChI=1S/C16H16F3N3O2/c1-15(2,20)14(23)22-11-5-8-13(21-9-11)24-12-6-3-10(4-7-12)16(17,18)19/h3-9H,20H2,1-2H3,(H,22,23). The van der Waals surface area contributed by atoms with Crippen molar-refractivity contribution in [2.75, 3.05) is 5.32 Å². The third-order valence-corrected chi connectivity index (χ3v) is 2.98. The van der Waals surface area contributed by atoms with Gasteiger partial charge in [-0.05, 0) is 44.2 Å². The van der Waals surface area contributed by atoms with Gasteiger partial charge >= 0.3 is 6.18 Å². The van der Waals surface area contributed by atoms with Crippen LogP contribution in [0.4, 0.5) is 18.9 Å². The molecule has 0 fully saturated rings. The fourth-order valence-corrected chi connectivity index (χ4v) is 1.64. The predicted molar refractivity (Wildman–Crippen MR) is 82.7 cm³/mol. The normalized spacial score (nSPS) is 11.9. The van der Waals surface area contributed by atoms with Crippen LogP contribution in [0.2, 0.25) is 0 Å². The molecule has 24 heavy (non-hydrogen) atoms. The minimum Gasteiger partial charge on any atom is -0.439 e. The van der Waals surface area contributed by atoms with E-state index in [0.717, 1.165) is 12.1 Å². The molecule has 0 aliphatic carbocycles. The van der Waals surface area contributed by atoms with E-state index in [-0.39, 0.29) is 17.5 Å². The van der Waals surface area contributed by atoms with Crippen molar-refractivity contribution in [2.24, 2.45) is 5.73 Å². The van der Waals surface area contributed by atoms with E-state index in [1.54, 1.807) is 19.9 Å². The molecule has 1 amide bonds. The molecule has 128 valence electrons. The molecule has 0 saturated carbocycles. The summed E-state index contributed by atoms with van der Waals surface area (Å²) < 4.78 is 42.8. The van der Waals surface area contributed by atoms with Gasteiger partial charge in [0, 0.05) is 6.07 Å². The second-order valence-corrected chi connectivity index (χ2v) is 5.69. The molecule has 3 N–H and O–H groups in total. The number of anilines is 1. The molecule has 2 rings (SSSR count). The van der Waals surface area contributed by atoms with Crippen LogP contribution in [-0.2, 0) is 11.0 Å². The summed E-state index contributed by atoms with van der Waals surface area (Å²) in [5.74, 6) is 0.0239. The highest BCUT2D eigenvalue weighted by molar-refractivity contribution is 5.97. The first-order chi connectivity index (χ1) is 11.1. The number of carbonyl (C=O) groups excluding carboxylic acids is 1. The zero-order chi connectivity index (χ0) is 18.0. The SMILES string of the molecule is CC(C)(N)C(=O)Nc1ccc(Oc2ccc(C(F)(F)F)cc2)nc1. The molecule has 8 heteroatoms. The van der Waals surface area contributed by atoms with Gasteiger partial charge in [-0.25, -0.2) is 4.98 Å². The monoisotopic (exact) mass is 339 g/mol. The van der Waals surface area contributed by atoms with Crippen LogP contribution in [0, 0.1) is 0 Å². The fourth-order valence-electron chi connectivity index (χ4n) is 1.64. The van der Waals surface area contributed by atoms with Crippen LogP contribution in [0.5, 0.6) is 11.6 Å². The number of alkyl halides is 3. The van der Waals surface area contributed by atoms with E-state index >= 15 is 0 Å². The molecule has 0 unspecified atom stereocenters. The summed E-state index contributed by atoms with van der Waals surface area (Å²) in [6, 6.07) is 7.29. The Labute approximate surface area is 136 Å². The first-order valence-electron chi connectivity index (χ1n) is 6.97. The molecule has 0 atom stereocenters. The summed E-state index contributed by atoms with van der Waals surface area (Å²) in [5.41, 5.74) is 4.30. The third-order valence-electron chi connectivity index (χ3n) is 2.98. The van der Waals surface area contributed by atoms with E-state index in [9.17, 15) is 18.0 Å². The molecule has 0 radical (unpaired) electrons. The summed E-state index contributed by atoms with van der Waals surface area (Å²) in [4.78, 5) is 15.7. The number of amides is 1. The molecule has 1 aromatic heterocycles. The molecule has 1 heterocycles. The summed E-state index contributed by atoms with van der Waals surface area (Å²) in [5, 5.41) is 2.59. The number of rotatable bonds is 4. The van der Waals surface area contributed by atoms with Crippen molar-refractivity contribution in [2.45, 2.75) is 25.6 Å². The van der Waals surface area contributed by atoms with E-state index in [1.807, 2.05) is 0 Å². The van der Waals surface area contributed by atoms with Crippen LogP contribution in [0.1, 0.15) is 19.4 Å². The van der Waals surface area contributed by atoms with Crippen LogP contribution < -0.4 is 15.8 Å². The molecule has 0 saturated heterocycles. The van der Waals surface area contributed by atoms with E-state index in [2.05, 4.69) is 10.3 Å². The Morgan fingerprint density at radius 3 is 2.21 bits per heavy atom. The van der Waals surface area contributed by atoms with Gasteiger partial charge in [0.1, 0.15) is 5.75 Å². The Bertz CT molecular complexity index is 705. The number of hydrogen-bond donors (Lipinski definition) is 2. The number of hydrogen-bond acceptors (Lipinski definition) is 4. The molecule has 2 aromatic rings. The summed E-state index contributed by atoms with van der Waals surface area (Å²) >= 11 is 0. The lowest BCUT2D eigenvalue weighted by Crippen LogP contribution is -2.45. The maximum atomic E-state index is 12.5. The van der Waals surface area contributed by atoms with E-state index in [1.165, 1.54) is 24.4 Å². The third kappa shape index (κ3) is 4.69. The van der Waals surface area contributed by atoms with Gasteiger partial charge in [-0.3, -0.25) is 4.79 Å². The van der Waals surface area contributed by atoms with Crippen molar-refractivity contribution in [1.82, 2.24) is 4.98 Å². The number of ether oxygens (including phenoxy) is 1. The van der Waals surface area contributed by atoms with Gasteiger partial charge in [0.25, 0.3) is 0 Å². The topological polar surface area (TPSA) is 77.2 Å². The molecule has 5 nitrogen and oxygen atoms in total. The van der Waals surface area contributed by atoms with Crippen LogP contribution >= 0.6 is 0 Å². The molecule has 1 aromatic carbocycles. The number of nitrogens with zero attached hydrogens (tertiary/aromatic N) is 1. The molecule has 0 bridgehead atoms. The summed E-state index contributed by atoms with van der Waals surface area (Å²) in [7, 11) is 0. The second kappa shape index (κ2) is 6.48. The number of pyridine rings is 1. The Morgan fingerprint density at radius 2 is 1.75 bits per heavy atom. The van der Waals surface area contributed by atoms with Crippen molar-refractivity contribution in [1.29, 1.82) is 0 Å². The molecular weight excluding hydrogens is 323 g/mol. The van der Waals surface area contributed by atoms with E-state index < -0.39 is 17.3 Å². The Balaban J connectivity index is 2.03. The summed E-state index contributed by atoms with van der Waals surface area (Å²) in [6.45, 7) is 3.13. The van der Waals surface area contributed by atoms with Gasteiger partial charge in [-0.15, -0.1) is 0 Å². The highest BCUT2D eigenvalue weighted by atomic mass is 19.4. The van der Waals surface area contributed by atoms with Crippen LogP contribution in [0.25, 0.3) is 0 Å². The Morgan fingerprint density at radius 1 is 1.12 bits per heavy atom. The number of aromatic nitrogens is 1. The van der Waals surface area contributed by atoms with Gasteiger partial charge in [-0.2, -0.15) is 13.2 Å². The van der Waals surface area contributed by atoms with Gasteiger partial charge in [0.15, 0.2) is 0 Å². The van der Waals surface area contributed by atoms with Crippen LogP contribution in [-0.4, -0.2) is 16.4 Å². The molecular formula is C16H16F3N3O2. The first kappa shape index (κ1) is 17.7. The molecule has 0 aliphatic heterocycles. The predicted octanol–water partition coefficient (Wildman–Crippen LogP) is 3.57. The minimum absolute atomic E-state index is 0.180. The van der Waals surface area contributed by atoms with Crippen molar-refractivity contribution in [3.63, 3.8) is 0 Å². The van der Waals surface area contributed by atoms with Crippen molar-refractivity contribution >= 4 is 11.6 Å². The lowest BCUT2D eigenvalue weighted by molar-refractivity contribution is -0.137. The average Bonchev–Trinajstić information content (AvgIpc) is 2.48. The van der Waals surface area contributed by atoms with Gasteiger partial charge in [0.05, 0.1) is 23.0 Å². The molecule has 0 spiro atoms. The maximum absolute atomic E-state index is 12.5. The number of nitrogens with one attached hydrogen (secondary N) is 1. The van der Waals surface area contributed by atoms with E-state index in [0.29, 0.717) is 5.69 Å². The Hall–Kier alpha value is -2.61. The Kier molecular flexibility index (Phi) is 4.79. The highest BCUT2D eigenvalue weighted by Crippen LogP contribution is 2.31. The highest BCUT2D eigenvalue weighted by Gasteiger charge is 2.30. The largest absolute Gasteiger partial charge is 0.439 e. The molecule has 0 aliphatic rings.